The van der Waals surface area contributed by atoms with E-state index in [9.17, 15) is 4.79 Å². The van der Waals surface area contributed by atoms with Gasteiger partial charge in [-0.15, -0.1) is 0 Å². The van der Waals surface area contributed by atoms with Gasteiger partial charge in [0.15, 0.2) is 0 Å². The van der Waals surface area contributed by atoms with Crippen molar-refractivity contribution in [3.63, 3.8) is 0 Å². The third-order valence-electron chi connectivity index (χ3n) is 2.46. The van der Waals surface area contributed by atoms with Crippen LogP contribution in [-0.2, 0) is 9.53 Å². The van der Waals surface area contributed by atoms with Crippen molar-refractivity contribution in [2.75, 3.05) is 0 Å². The van der Waals surface area contributed by atoms with Crippen LogP contribution in [0.2, 0.25) is 0 Å². The molecule has 2 nitrogen and oxygen atoms in total. The van der Waals surface area contributed by atoms with Crippen LogP contribution in [-0.4, -0.2) is 5.97 Å². The van der Waals surface area contributed by atoms with Crippen molar-refractivity contribution in [2.24, 2.45) is 5.41 Å². The minimum Gasteiger partial charge on any atom is -0.453 e. The molecule has 1 rings (SSSR count). The third kappa shape index (κ3) is 5.67. The Bertz CT molecular complexity index is 399. The van der Waals surface area contributed by atoms with Crippen molar-refractivity contribution in [3.8, 4) is 0 Å². The monoisotopic (exact) mass is 246 g/mol. The van der Waals surface area contributed by atoms with Crippen LogP contribution in [0.3, 0.4) is 0 Å². The first-order valence-electron chi connectivity index (χ1n) is 6.27. The molecule has 1 atom stereocenters. The Hall–Kier alpha value is -1.57. The maximum Gasteiger partial charge on any atom is 0.303 e. The number of allylic oxidation sites excluding steroid dienone is 1. The molecule has 0 aliphatic carbocycles. The molecule has 0 spiro atoms. The van der Waals surface area contributed by atoms with E-state index < -0.39 is 0 Å². The van der Waals surface area contributed by atoms with Crippen molar-refractivity contribution in [1.29, 1.82) is 0 Å². The van der Waals surface area contributed by atoms with Gasteiger partial charge in [-0.2, -0.15) is 0 Å². The molecule has 0 aliphatic heterocycles. The van der Waals surface area contributed by atoms with E-state index in [0.717, 1.165) is 12.0 Å². The summed E-state index contributed by atoms with van der Waals surface area (Å²) < 4.78 is 5.33. The summed E-state index contributed by atoms with van der Waals surface area (Å²) in [7, 11) is 0. The molecular weight excluding hydrogens is 224 g/mol. The first-order valence-corrected chi connectivity index (χ1v) is 6.27. The average Bonchev–Trinajstić information content (AvgIpc) is 2.27. The van der Waals surface area contributed by atoms with Gasteiger partial charge in [-0.25, -0.2) is 0 Å². The molecule has 0 heterocycles. The van der Waals surface area contributed by atoms with Gasteiger partial charge in [-0.1, -0.05) is 57.2 Å². The van der Waals surface area contributed by atoms with Gasteiger partial charge in [0.2, 0.25) is 0 Å². The summed E-state index contributed by atoms with van der Waals surface area (Å²) in [5.41, 5.74) is 1.24. The standard InChI is InChI=1S/C16H22O2/c1-13(17)18-15(11-8-12-16(2,3)4)14-9-6-5-7-10-14/h5-11,15H,12H2,1-4H3/b11-8+. The number of hydrogen-bond donors (Lipinski definition) is 0. The minimum atomic E-state index is -0.286. The zero-order chi connectivity index (χ0) is 13.6. The topological polar surface area (TPSA) is 26.3 Å². The van der Waals surface area contributed by atoms with E-state index in [0.29, 0.717) is 0 Å². The van der Waals surface area contributed by atoms with Gasteiger partial charge >= 0.3 is 5.97 Å². The number of carbonyl (C=O) groups excluding carboxylic acids is 1. The Morgan fingerprint density at radius 3 is 2.39 bits per heavy atom. The smallest absolute Gasteiger partial charge is 0.303 e. The van der Waals surface area contributed by atoms with Crippen LogP contribution in [0.25, 0.3) is 0 Å². The van der Waals surface area contributed by atoms with Crippen LogP contribution < -0.4 is 0 Å². The molecular formula is C16H22O2. The number of ether oxygens (including phenoxy) is 1. The number of hydrogen-bond acceptors (Lipinski definition) is 2. The third-order valence-corrected chi connectivity index (χ3v) is 2.46. The molecule has 0 N–H and O–H groups in total. The van der Waals surface area contributed by atoms with Gasteiger partial charge in [-0.05, 0) is 23.5 Å². The van der Waals surface area contributed by atoms with Crippen LogP contribution in [0.15, 0.2) is 42.5 Å². The molecule has 0 saturated carbocycles. The van der Waals surface area contributed by atoms with Gasteiger partial charge in [0.05, 0.1) is 0 Å². The molecule has 0 amide bonds. The van der Waals surface area contributed by atoms with Crippen LogP contribution in [0.5, 0.6) is 0 Å². The van der Waals surface area contributed by atoms with E-state index >= 15 is 0 Å². The lowest BCUT2D eigenvalue weighted by atomic mass is 9.92. The normalized spacial score (nSPS) is 13.6. The molecule has 1 aromatic carbocycles. The van der Waals surface area contributed by atoms with Crippen LogP contribution >= 0.6 is 0 Å². The lowest BCUT2D eigenvalue weighted by Gasteiger charge is -2.17. The highest BCUT2D eigenvalue weighted by atomic mass is 16.5. The highest BCUT2D eigenvalue weighted by molar-refractivity contribution is 5.66. The molecule has 0 aliphatic rings. The number of benzene rings is 1. The zero-order valence-electron chi connectivity index (χ0n) is 11.6. The van der Waals surface area contributed by atoms with Crippen LogP contribution in [0.1, 0.15) is 45.8 Å². The van der Waals surface area contributed by atoms with Gasteiger partial charge in [0.25, 0.3) is 0 Å². The van der Waals surface area contributed by atoms with E-state index in [4.69, 9.17) is 4.74 Å². The summed E-state index contributed by atoms with van der Waals surface area (Å²) in [6.07, 6.45) is 4.71. The lowest BCUT2D eigenvalue weighted by molar-refractivity contribution is -0.144. The van der Waals surface area contributed by atoms with Gasteiger partial charge in [-0.3, -0.25) is 4.79 Å². The summed E-state index contributed by atoms with van der Waals surface area (Å²) in [6, 6.07) is 9.78. The molecule has 18 heavy (non-hydrogen) atoms. The number of rotatable bonds is 4. The summed E-state index contributed by atoms with van der Waals surface area (Å²) in [4.78, 5) is 11.1. The minimum absolute atomic E-state index is 0.244. The molecule has 0 bridgehead atoms. The predicted molar refractivity (Wildman–Crippen MR) is 74.2 cm³/mol. The van der Waals surface area contributed by atoms with E-state index in [1.807, 2.05) is 36.4 Å². The van der Waals surface area contributed by atoms with Gasteiger partial charge < -0.3 is 4.74 Å². The fraction of sp³-hybridized carbons (Fsp3) is 0.438. The Balaban J connectivity index is 2.77. The van der Waals surface area contributed by atoms with E-state index in [-0.39, 0.29) is 17.5 Å². The lowest BCUT2D eigenvalue weighted by Crippen LogP contribution is -2.07. The predicted octanol–water partition coefficient (Wildman–Crippen LogP) is 4.28. The van der Waals surface area contributed by atoms with Crippen LogP contribution in [0, 0.1) is 5.41 Å². The molecule has 0 saturated heterocycles. The summed E-state index contributed by atoms with van der Waals surface area (Å²) in [6.45, 7) is 7.98. The Kier molecular flexibility index (Phi) is 5.14. The largest absolute Gasteiger partial charge is 0.453 e. The number of esters is 1. The highest BCUT2D eigenvalue weighted by Crippen LogP contribution is 2.23. The second-order valence-corrected chi connectivity index (χ2v) is 5.63. The van der Waals surface area contributed by atoms with Gasteiger partial charge in [0, 0.05) is 6.92 Å². The molecule has 98 valence electrons. The molecule has 0 aromatic heterocycles. The molecule has 0 fully saturated rings. The van der Waals surface area contributed by atoms with Crippen molar-refractivity contribution in [3.05, 3.63) is 48.0 Å². The second-order valence-electron chi connectivity index (χ2n) is 5.63. The first-order chi connectivity index (χ1) is 8.38. The number of carbonyl (C=O) groups is 1. The summed E-state index contributed by atoms with van der Waals surface area (Å²) in [5, 5.41) is 0. The maximum atomic E-state index is 11.1. The quantitative estimate of drug-likeness (QED) is 0.585. The van der Waals surface area contributed by atoms with Crippen molar-refractivity contribution in [1.82, 2.24) is 0 Å². The van der Waals surface area contributed by atoms with Crippen LogP contribution in [0.4, 0.5) is 0 Å². The summed E-state index contributed by atoms with van der Waals surface area (Å²) in [5.74, 6) is -0.260. The zero-order valence-corrected chi connectivity index (χ0v) is 11.6. The molecule has 2 heteroatoms. The maximum absolute atomic E-state index is 11.1. The fourth-order valence-electron chi connectivity index (χ4n) is 1.59. The van der Waals surface area contributed by atoms with Crippen molar-refractivity contribution >= 4 is 5.97 Å². The molecule has 0 radical (unpaired) electrons. The summed E-state index contributed by atoms with van der Waals surface area (Å²) >= 11 is 0. The van der Waals surface area contributed by atoms with Crippen molar-refractivity contribution < 1.29 is 9.53 Å². The molecule has 1 unspecified atom stereocenters. The molecule has 1 aromatic rings. The second kappa shape index (κ2) is 6.39. The van der Waals surface area contributed by atoms with E-state index in [1.165, 1.54) is 6.92 Å². The Labute approximate surface area is 110 Å². The average molecular weight is 246 g/mol. The van der Waals surface area contributed by atoms with E-state index in [1.54, 1.807) is 0 Å². The SMILES string of the molecule is CC(=O)OC(/C=C/CC(C)(C)C)c1ccccc1. The Morgan fingerprint density at radius 2 is 1.89 bits per heavy atom. The Morgan fingerprint density at radius 1 is 1.28 bits per heavy atom. The van der Waals surface area contributed by atoms with Gasteiger partial charge in [0.1, 0.15) is 6.10 Å². The van der Waals surface area contributed by atoms with Crippen molar-refractivity contribution in [2.45, 2.75) is 40.2 Å². The fourth-order valence-corrected chi connectivity index (χ4v) is 1.59. The first kappa shape index (κ1) is 14.5. The highest BCUT2D eigenvalue weighted by Gasteiger charge is 2.12. The van der Waals surface area contributed by atoms with E-state index in [2.05, 4.69) is 26.8 Å².